The van der Waals surface area contributed by atoms with Gasteiger partial charge in [-0.15, -0.1) is 11.3 Å². The Morgan fingerprint density at radius 1 is 1.25 bits per heavy atom. The van der Waals surface area contributed by atoms with Gasteiger partial charge in [0.15, 0.2) is 0 Å². The highest BCUT2D eigenvalue weighted by Crippen LogP contribution is 2.40. The largest absolute Gasteiger partial charge is 0.340 e. The molecule has 1 heterocycles. The Morgan fingerprint density at radius 3 is 2.25 bits per heavy atom. The van der Waals surface area contributed by atoms with Crippen molar-refractivity contribution < 1.29 is 9.59 Å². The second kappa shape index (κ2) is 7.90. The predicted octanol–water partition coefficient (Wildman–Crippen LogP) is 4.74. The van der Waals surface area contributed by atoms with E-state index in [1.807, 2.05) is 20.8 Å². The minimum atomic E-state index is -0.567. The van der Waals surface area contributed by atoms with Gasteiger partial charge in [0, 0.05) is 0 Å². The van der Waals surface area contributed by atoms with Crippen molar-refractivity contribution in [1.29, 1.82) is 0 Å². The van der Waals surface area contributed by atoms with E-state index in [1.165, 1.54) is 11.8 Å². The number of thioether (sulfide) groups is 1. The summed E-state index contributed by atoms with van der Waals surface area (Å²) in [7, 11) is 0. The van der Waals surface area contributed by atoms with Gasteiger partial charge in [-0.2, -0.15) is 0 Å². The fourth-order valence-electron chi connectivity index (χ4n) is 1.45. The van der Waals surface area contributed by atoms with Gasteiger partial charge < -0.3 is 5.32 Å². The molecule has 1 aromatic rings. The van der Waals surface area contributed by atoms with Crippen LogP contribution in [0.5, 0.6) is 0 Å². The molecule has 8 heteroatoms. The third-order valence-electron chi connectivity index (χ3n) is 2.46. The summed E-state index contributed by atoms with van der Waals surface area (Å²) >= 11 is 19.8. The number of nitrogens with one attached hydrogen (secondary N) is 1. The van der Waals surface area contributed by atoms with Gasteiger partial charge in [-0.25, -0.2) is 0 Å². The summed E-state index contributed by atoms with van der Waals surface area (Å²) in [5, 5.41) is 2.92. The lowest BCUT2D eigenvalue weighted by molar-refractivity contribution is -0.113. The Bertz CT molecular complexity index is 517. The summed E-state index contributed by atoms with van der Waals surface area (Å²) in [6, 6.07) is -0.567. The maximum atomic E-state index is 12.2. The molecular formula is C12H14Cl3NO2S2. The Labute approximate surface area is 141 Å². The molecule has 0 saturated carbocycles. The molecule has 0 fully saturated rings. The molecule has 0 aliphatic rings. The minimum Gasteiger partial charge on any atom is -0.340 e. The van der Waals surface area contributed by atoms with Crippen LogP contribution in [0, 0.1) is 5.92 Å². The van der Waals surface area contributed by atoms with E-state index in [9.17, 15) is 9.59 Å². The highest BCUT2D eigenvalue weighted by molar-refractivity contribution is 8.13. The first-order valence-corrected chi connectivity index (χ1v) is 8.83. The zero-order valence-electron chi connectivity index (χ0n) is 11.1. The SMILES string of the molecule is CCSC(=O)[C@@H](NC(=O)c1sc(Cl)c(Cl)c1Cl)C(C)C. The lowest BCUT2D eigenvalue weighted by atomic mass is 10.1. The fraction of sp³-hybridized carbons (Fsp3) is 0.500. The van der Waals surface area contributed by atoms with Gasteiger partial charge in [0.1, 0.15) is 15.3 Å². The van der Waals surface area contributed by atoms with Gasteiger partial charge in [-0.1, -0.05) is 67.3 Å². The first kappa shape index (κ1) is 18.1. The van der Waals surface area contributed by atoms with Gasteiger partial charge in [0.25, 0.3) is 5.91 Å². The maximum Gasteiger partial charge on any atom is 0.263 e. The van der Waals surface area contributed by atoms with E-state index in [4.69, 9.17) is 34.8 Å². The van der Waals surface area contributed by atoms with Crippen LogP contribution in [-0.2, 0) is 4.79 Å². The lowest BCUT2D eigenvalue weighted by Crippen LogP contribution is -2.43. The summed E-state index contributed by atoms with van der Waals surface area (Å²) in [4.78, 5) is 24.4. The molecule has 0 bridgehead atoms. The van der Waals surface area contributed by atoms with Gasteiger partial charge in [-0.3, -0.25) is 9.59 Å². The van der Waals surface area contributed by atoms with E-state index in [0.717, 1.165) is 11.3 Å². The summed E-state index contributed by atoms with van der Waals surface area (Å²) < 4.78 is 0.261. The van der Waals surface area contributed by atoms with Gasteiger partial charge >= 0.3 is 0 Å². The Balaban J connectivity index is 2.91. The summed E-state index contributed by atoms with van der Waals surface area (Å²) in [6.07, 6.45) is 0. The average Bonchev–Trinajstić information content (AvgIpc) is 2.63. The van der Waals surface area contributed by atoms with Crippen molar-refractivity contribution in [3.05, 3.63) is 19.3 Å². The monoisotopic (exact) mass is 373 g/mol. The van der Waals surface area contributed by atoms with E-state index in [-0.39, 0.29) is 30.3 Å². The Morgan fingerprint density at radius 2 is 1.85 bits per heavy atom. The Hall–Kier alpha value is 0.0600. The number of carbonyl (C=O) groups is 2. The van der Waals surface area contributed by atoms with Gasteiger partial charge in [0.2, 0.25) is 5.12 Å². The Kier molecular flexibility index (Phi) is 7.15. The summed E-state index contributed by atoms with van der Waals surface area (Å²) in [5.41, 5.74) is 0. The van der Waals surface area contributed by atoms with E-state index in [1.54, 1.807) is 0 Å². The number of amides is 1. The molecule has 1 N–H and O–H groups in total. The molecule has 0 aliphatic heterocycles. The number of carbonyl (C=O) groups excluding carboxylic acids is 2. The number of rotatable bonds is 5. The second-order valence-electron chi connectivity index (χ2n) is 4.28. The fourth-order valence-corrected chi connectivity index (χ4v) is 3.95. The molecule has 0 unspecified atom stereocenters. The van der Waals surface area contributed by atoms with Crippen molar-refractivity contribution in [2.24, 2.45) is 5.92 Å². The van der Waals surface area contributed by atoms with Crippen LogP contribution in [0.4, 0.5) is 0 Å². The molecule has 1 atom stereocenters. The van der Waals surface area contributed by atoms with Crippen LogP contribution in [0.15, 0.2) is 0 Å². The van der Waals surface area contributed by atoms with Gasteiger partial charge in [0.05, 0.1) is 10.0 Å². The molecule has 20 heavy (non-hydrogen) atoms. The molecule has 112 valence electrons. The van der Waals surface area contributed by atoms with E-state index in [0.29, 0.717) is 5.75 Å². The first-order chi connectivity index (χ1) is 9.29. The standard InChI is InChI=1S/C12H14Cl3NO2S2/c1-4-19-12(18)8(5(2)3)16-11(17)9-6(13)7(14)10(15)20-9/h5,8H,4H2,1-3H3,(H,16,17)/t8-/m0/s1. The highest BCUT2D eigenvalue weighted by atomic mass is 35.5. The third-order valence-corrected chi connectivity index (χ3v) is 5.85. The van der Waals surface area contributed by atoms with Crippen LogP contribution in [0.1, 0.15) is 30.4 Å². The molecule has 0 radical (unpaired) electrons. The molecule has 0 spiro atoms. The smallest absolute Gasteiger partial charge is 0.263 e. The zero-order chi connectivity index (χ0) is 15.4. The van der Waals surface area contributed by atoms with Gasteiger partial charge in [-0.05, 0) is 11.7 Å². The van der Waals surface area contributed by atoms with Crippen molar-refractivity contribution in [2.75, 3.05) is 5.75 Å². The topological polar surface area (TPSA) is 46.2 Å². The second-order valence-corrected chi connectivity index (χ2v) is 7.93. The van der Waals surface area contributed by atoms with Crippen LogP contribution in [0.3, 0.4) is 0 Å². The molecule has 0 saturated heterocycles. The average molecular weight is 375 g/mol. The van der Waals surface area contributed by atoms with Crippen LogP contribution < -0.4 is 5.32 Å². The number of hydrogen-bond acceptors (Lipinski definition) is 4. The molecule has 3 nitrogen and oxygen atoms in total. The van der Waals surface area contributed by atoms with Crippen LogP contribution in [0.25, 0.3) is 0 Å². The van der Waals surface area contributed by atoms with Crippen LogP contribution >= 0.6 is 57.9 Å². The van der Waals surface area contributed by atoms with E-state index >= 15 is 0 Å². The number of halogens is 3. The normalized spacial score (nSPS) is 12.6. The van der Waals surface area contributed by atoms with Crippen molar-refractivity contribution in [3.8, 4) is 0 Å². The summed E-state index contributed by atoms with van der Waals surface area (Å²) in [5.74, 6) is 0.211. The van der Waals surface area contributed by atoms with E-state index < -0.39 is 11.9 Å². The van der Waals surface area contributed by atoms with Crippen LogP contribution in [-0.4, -0.2) is 22.8 Å². The van der Waals surface area contributed by atoms with E-state index in [2.05, 4.69) is 5.32 Å². The summed E-state index contributed by atoms with van der Waals surface area (Å²) in [6.45, 7) is 5.63. The van der Waals surface area contributed by atoms with Crippen molar-refractivity contribution in [3.63, 3.8) is 0 Å². The van der Waals surface area contributed by atoms with Crippen molar-refractivity contribution in [2.45, 2.75) is 26.8 Å². The third kappa shape index (κ3) is 4.28. The maximum absolute atomic E-state index is 12.2. The number of hydrogen-bond donors (Lipinski definition) is 1. The van der Waals surface area contributed by atoms with Crippen molar-refractivity contribution in [1.82, 2.24) is 5.32 Å². The first-order valence-electron chi connectivity index (χ1n) is 5.90. The molecular weight excluding hydrogens is 361 g/mol. The zero-order valence-corrected chi connectivity index (χ0v) is 15.0. The molecule has 1 rings (SSSR count). The minimum absolute atomic E-state index is 0.0184. The lowest BCUT2D eigenvalue weighted by Gasteiger charge is -2.20. The number of thiophene rings is 1. The molecule has 0 aliphatic carbocycles. The van der Waals surface area contributed by atoms with Crippen molar-refractivity contribution >= 4 is 68.9 Å². The molecule has 1 aromatic heterocycles. The molecule has 0 aromatic carbocycles. The quantitative estimate of drug-likeness (QED) is 0.809. The highest BCUT2D eigenvalue weighted by Gasteiger charge is 2.27. The van der Waals surface area contributed by atoms with Crippen LogP contribution in [0.2, 0.25) is 14.4 Å². The molecule has 1 amide bonds. The predicted molar refractivity (Wildman–Crippen MR) is 88.6 cm³/mol.